The Labute approximate surface area is 197 Å². The molecule has 5 rings (SSSR count). The number of hydrogen-bond donors (Lipinski definition) is 0. The smallest absolute Gasteiger partial charge is 0.316 e. The molecule has 8 nitrogen and oxygen atoms in total. The summed E-state index contributed by atoms with van der Waals surface area (Å²) in [6.07, 6.45) is 3.41. The highest BCUT2D eigenvalue weighted by Crippen LogP contribution is 2.40. The van der Waals surface area contributed by atoms with E-state index in [-0.39, 0.29) is 48.3 Å². The first-order chi connectivity index (χ1) is 16.5. The van der Waals surface area contributed by atoms with Crippen LogP contribution in [-0.4, -0.2) is 37.3 Å². The maximum absolute atomic E-state index is 12.9. The van der Waals surface area contributed by atoms with Crippen molar-refractivity contribution in [1.29, 1.82) is 0 Å². The molecule has 0 radical (unpaired) electrons. The Kier molecular flexibility index (Phi) is 5.81. The molecule has 0 aromatic heterocycles. The average molecular weight is 463 g/mol. The summed E-state index contributed by atoms with van der Waals surface area (Å²) in [5.41, 5.74) is 1.02. The summed E-state index contributed by atoms with van der Waals surface area (Å²) in [4.78, 5) is 54.1. The fraction of sp³-hybridized carbons (Fsp3) is 0.385. The molecule has 3 fully saturated rings. The number of nitrogens with zero attached hydrogens (tertiary/aromatic N) is 2. The largest absolute Gasteiger partial charge is 0.495 e. The lowest BCUT2D eigenvalue weighted by Gasteiger charge is -2.19. The van der Waals surface area contributed by atoms with E-state index in [0.717, 1.165) is 25.7 Å². The van der Waals surface area contributed by atoms with Gasteiger partial charge in [0, 0.05) is 19.0 Å². The minimum atomic E-state index is -0.640. The predicted molar refractivity (Wildman–Crippen MR) is 123 cm³/mol. The molecule has 8 heteroatoms. The number of imide groups is 1. The molecule has 2 aromatic rings. The molecule has 2 aromatic carbocycles. The van der Waals surface area contributed by atoms with E-state index in [4.69, 9.17) is 9.47 Å². The predicted octanol–water partition coefficient (Wildman–Crippen LogP) is 3.33. The number of carbonyl (C=O) groups is 4. The molecule has 2 aliphatic heterocycles. The first-order valence-corrected chi connectivity index (χ1v) is 11.6. The average Bonchev–Trinajstić information content (AvgIpc) is 3.36. The number of carbonyl (C=O) groups excluding carboxylic acids is 4. The van der Waals surface area contributed by atoms with Gasteiger partial charge in [0.15, 0.2) is 0 Å². The van der Waals surface area contributed by atoms with Gasteiger partial charge < -0.3 is 14.4 Å². The van der Waals surface area contributed by atoms with E-state index in [2.05, 4.69) is 0 Å². The van der Waals surface area contributed by atoms with E-state index in [9.17, 15) is 19.2 Å². The number of esters is 1. The molecular weight excluding hydrogens is 436 g/mol. The van der Waals surface area contributed by atoms with Crippen molar-refractivity contribution in [2.75, 3.05) is 23.5 Å². The molecule has 2 heterocycles. The van der Waals surface area contributed by atoms with Crippen molar-refractivity contribution in [3.63, 3.8) is 0 Å². The van der Waals surface area contributed by atoms with Gasteiger partial charge in [0.25, 0.3) is 0 Å². The number of fused-ring (bicyclic) bond motifs is 1. The Morgan fingerprint density at radius 2 is 1.65 bits per heavy atom. The van der Waals surface area contributed by atoms with Crippen molar-refractivity contribution in [1.82, 2.24) is 0 Å². The number of ether oxygens (including phenoxy) is 2. The van der Waals surface area contributed by atoms with Gasteiger partial charge in [0.2, 0.25) is 17.7 Å². The molecule has 1 saturated carbocycles. The van der Waals surface area contributed by atoms with E-state index in [1.165, 1.54) is 16.9 Å². The van der Waals surface area contributed by atoms with Crippen molar-refractivity contribution in [2.45, 2.75) is 32.1 Å². The summed E-state index contributed by atoms with van der Waals surface area (Å²) in [6, 6.07) is 13.6. The maximum atomic E-state index is 12.9. The fourth-order valence-corrected chi connectivity index (χ4v) is 5.25. The van der Waals surface area contributed by atoms with E-state index in [0.29, 0.717) is 17.1 Å². The second kappa shape index (κ2) is 8.93. The molecule has 0 bridgehead atoms. The van der Waals surface area contributed by atoms with Crippen LogP contribution in [0.1, 0.15) is 32.1 Å². The fourth-order valence-electron chi connectivity index (χ4n) is 5.25. The first kappa shape index (κ1) is 22.1. The highest BCUT2D eigenvalue weighted by atomic mass is 16.5. The molecule has 2 saturated heterocycles. The topological polar surface area (TPSA) is 93.2 Å². The molecule has 0 unspecified atom stereocenters. The number of methoxy groups -OCH3 is 1. The number of anilines is 2. The standard InChI is InChI=1S/C26H26N2O6/c1-33-22-12-5-4-11-21(22)27-15-16(13-23(27)29)26(32)34-18-8-6-7-17(14-18)28-24(30)19-9-2-3-10-20(19)25(28)31/h4-8,11-12,14,16,19-20H,2-3,9-10,13,15H2,1H3/t16-,19+,20+/m1/s1. The molecule has 0 spiro atoms. The Morgan fingerprint density at radius 3 is 2.35 bits per heavy atom. The van der Waals surface area contributed by atoms with Crippen LogP contribution < -0.4 is 19.3 Å². The lowest BCUT2D eigenvalue weighted by Crippen LogP contribution is -2.31. The minimum Gasteiger partial charge on any atom is -0.495 e. The van der Waals surface area contributed by atoms with E-state index in [1.54, 1.807) is 42.5 Å². The van der Waals surface area contributed by atoms with Gasteiger partial charge in [0.05, 0.1) is 36.2 Å². The lowest BCUT2D eigenvalue weighted by atomic mass is 9.81. The first-order valence-electron chi connectivity index (χ1n) is 11.6. The molecule has 3 aliphatic rings. The van der Waals surface area contributed by atoms with E-state index in [1.807, 2.05) is 6.07 Å². The Balaban J connectivity index is 1.30. The van der Waals surface area contributed by atoms with Crippen LogP contribution >= 0.6 is 0 Å². The number of para-hydroxylation sites is 2. The van der Waals surface area contributed by atoms with Crippen molar-refractivity contribution in [2.24, 2.45) is 17.8 Å². The van der Waals surface area contributed by atoms with Crippen LogP contribution in [0.15, 0.2) is 48.5 Å². The van der Waals surface area contributed by atoms with Crippen molar-refractivity contribution >= 4 is 35.1 Å². The van der Waals surface area contributed by atoms with Gasteiger partial charge in [0.1, 0.15) is 11.5 Å². The van der Waals surface area contributed by atoms with Gasteiger partial charge in [-0.25, -0.2) is 4.90 Å². The zero-order chi connectivity index (χ0) is 23.8. The highest BCUT2D eigenvalue weighted by molar-refractivity contribution is 6.22. The summed E-state index contributed by atoms with van der Waals surface area (Å²) in [5.74, 6) is -1.42. The maximum Gasteiger partial charge on any atom is 0.316 e. The second-order valence-corrected chi connectivity index (χ2v) is 9.01. The highest BCUT2D eigenvalue weighted by Gasteiger charge is 2.48. The molecule has 3 amide bonds. The van der Waals surface area contributed by atoms with E-state index >= 15 is 0 Å². The van der Waals surface area contributed by atoms with Crippen LogP contribution in [0.5, 0.6) is 11.5 Å². The third-order valence-electron chi connectivity index (χ3n) is 6.97. The summed E-state index contributed by atoms with van der Waals surface area (Å²) < 4.78 is 10.9. The van der Waals surface area contributed by atoms with Crippen molar-refractivity contribution in [3.05, 3.63) is 48.5 Å². The number of hydrogen-bond acceptors (Lipinski definition) is 6. The van der Waals surface area contributed by atoms with Crippen molar-refractivity contribution < 1.29 is 28.7 Å². The van der Waals surface area contributed by atoms with Crippen LogP contribution in [0.3, 0.4) is 0 Å². The molecule has 0 N–H and O–H groups in total. The van der Waals surface area contributed by atoms with Crippen LogP contribution in [0.25, 0.3) is 0 Å². The summed E-state index contributed by atoms with van der Waals surface area (Å²) >= 11 is 0. The van der Waals surface area contributed by atoms with Gasteiger partial charge in [-0.1, -0.05) is 31.0 Å². The zero-order valence-corrected chi connectivity index (χ0v) is 18.9. The van der Waals surface area contributed by atoms with Crippen LogP contribution in [0, 0.1) is 17.8 Å². The normalized spacial score (nSPS) is 24.4. The van der Waals surface area contributed by atoms with Crippen LogP contribution in [-0.2, 0) is 19.2 Å². The van der Waals surface area contributed by atoms with Gasteiger partial charge in [-0.3, -0.25) is 19.2 Å². The Bertz CT molecular complexity index is 1140. The summed E-state index contributed by atoms with van der Waals surface area (Å²) in [7, 11) is 1.53. The van der Waals surface area contributed by atoms with Crippen LogP contribution in [0.2, 0.25) is 0 Å². The number of benzene rings is 2. The third-order valence-corrected chi connectivity index (χ3v) is 6.97. The second-order valence-electron chi connectivity index (χ2n) is 9.01. The lowest BCUT2D eigenvalue weighted by molar-refractivity contribution is -0.139. The minimum absolute atomic E-state index is 0.0308. The Hall–Kier alpha value is -3.68. The Morgan fingerprint density at radius 1 is 0.941 bits per heavy atom. The molecule has 3 atom stereocenters. The van der Waals surface area contributed by atoms with E-state index < -0.39 is 11.9 Å². The summed E-state index contributed by atoms with van der Waals surface area (Å²) in [5, 5.41) is 0. The quantitative estimate of drug-likeness (QED) is 0.384. The van der Waals surface area contributed by atoms with Crippen LogP contribution in [0.4, 0.5) is 11.4 Å². The number of rotatable bonds is 5. The van der Waals surface area contributed by atoms with Gasteiger partial charge in [-0.2, -0.15) is 0 Å². The zero-order valence-electron chi connectivity index (χ0n) is 18.9. The molecule has 34 heavy (non-hydrogen) atoms. The van der Waals surface area contributed by atoms with Crippen molar-refractivity contribution in [3.8, 4) is 11.5 Å². The number of amides is 3. The SMILES string of the molecule is COc1ccccc1N1C[C@H](C(=O)Oc2cccc(N3C(=O)[C@H]4CCCC[C@@H]4C3=O)c2)CC1=O. The molecule has 176 valence electrons. The monoisotopic (exact) mass is 462 g/mol. The third kappa shape index (κ3) is 3.83. The van der Waals surface area contributed by atoms with Gasteiger partial charge in [-0.15, -0.1) is 0 Å². The van der Waals surface area contributed by atoms with Gasteiger partial charge >= 0.3 is 5.97 Å². The van der Waals surface area contributed by atoms with Gasteiger partial charge in [-0.05, 0) is 37.1 Å². The molecule has 1 aliphatic carbocycles. The summed E-state index contributed by atoms with van der Waals surface area (Å²) in [6.45, 7) is 0.185. The molecular formula is C26H26N2O6.